The number of anilines is 1. The van der Waals surface area contributed by atoms with Crippen molar-refractivity contribution in [3.05, 3.63) is 40.9 Å². The Kier molecular flexibility index (Phi) is 5.15. The molecule has 0 aliphatic carbocycles. The number of methoxy groups -OCH3 is 1. The molecule has 124 valence electrons. The SMILES string of the molecule is COc1ccc(C)cc1[C@H](O)CN1CCN(c2nccs2)CC1. The van der Waals surface area contributed by atoms with Crippen LogP contribution in [-0.2, 0) is 0 Å². The first-order valence-electron chi connectivity index (χ1n) is 7.87. The highest BCUT2D eigenvalue weighted by Crippen LogP contribution is 2.27. The normalized spacial score (nSPS) is 17.3. The Bertz CT molecular complexity index is 625. The zero-order valence-electron chi connectivity index (χ0n) is 13.6. The van der Waals surface area contributed by atoms with Gasteiger partial charge >= 0.3 is 0 Å². The van der Waals surface area contributed by atoms with E-state index < -0.39 is 6.10 Å². The van der Waals surface area contributed by atoms with E-state index in [-0.39, 0.29) is 0 Å². The third kappa shape index (κ3) is 3.83. The molecule has 0 amide bonds. The fraction of sp³-hybridized carbons (Fsp3) is 0.471. The van der Waals surface area contributed by atoms with Crippen molar-refractivity contribution >= 4 is 16.5 Å². The lowest BCUT2D eigenvalue weighted by Crippen LogP contribution is -2.47. The minimum atomic E-state index is -0.531. The van der Waals surface area contributed by atoms with Crippen molar-refractivity contribution < 1.29 is 9.84 Å². The van der Waals surface area contributed by atoms with Crippen molar-refractivity contribution in [2.24, 2.45) is 0 Å². The number of aliphatic hydroxyl groups is 1. The topological polar surface area (TPSA) is 48.8 Å². The van der Waals surface area contributed by atoms with Crippen LogP contribution in [0.15, 0.2) is 29.8 Å². The quantitative estimate of drug-likeness (QED) is 0.910. The number of piperazine rings is 1. The zero-order valence-corrected chi connectivity index (χ0v) is 14.4. The first kappa shape index (κ1) is 16.2. The number of hydrogen-bond acceptors (Lipinski definition) is 6. The molecular formula is C17H23N3O2S. The van der Waals surface area contributed by atoms with Crippen molar-refractivity contribution in [3.8, 4) is 5.75 Å². The van der Waals surface area contributed by atoms with Gasteiger partial charge in [0.05, 0.1) is 13.2 Å². The largest absolute Gasteiger partial charge is 0.496 e. The standard InChI is InChI=1S/C17H23N3O2S/c1-13-3-4-16(22-2)14(11-13)15(21)12-19-6-8-20(9-7-19)17-18-5-10-23-17/h3-5,10-11,15,21H,6-9,12H2,1-2H3/t15-/m1/s1. The average Bonchev–Trinajstić information content (AvgIpc) is 3.10. The molecule has 1 saturated heterocycles. The number of aromatic nitrogens is 1. The van der Waals surface area contributed by atoms with Crippen molar-refractivity contribution in [2.45, 2.75) is 13.0 Å². The van der Waals surface area contributed by atoms with E-state index in [2.05, 4.69) is 14.8 Å². The summed E-state index contributed by atoms with van der Waals surface area (Å²) in [5.74, 6) is 0.754. The average molecular weight is 333 g/mol. The van der Waals surface area contributed by atoms with Gasteiger partial charge in [0.1, 0.15) is 5.75 Å². The van der Waals surface area contributed by atoms with E-state index in [0.717, 1.165) is 48.2 Å². The highest BCUT2D eigenvalue weighted by Gasteiger charge is 2.22. The number of nitrogens with zero attached hydrogens (tertiary/aromatic N) is 3. The van der Waals surface area contributed by atoms with Crippen LogP contribution in [0, 0.1) is 6.92 Å². The summed E-state index contributed by atoms with van der Waals surface area (Å²) in [6, 6.07) is 5.94. The molecule has 2 heterocycles. The number of aliphatic hydroxyl groups excluding tert-OH is 1. The van der Waals surface area contributed by atoms with Gasteiger partial charge in [-0.3, -0.25) is 4.90 Å². The highest BCUT2D eigenvalue weighted by atomic mass is 32.1. The summed E-state index contributed by atoms with van der Waals surface area (Å²) in [4.78, 5) is 8.97. The summed E-state index contributed by atoms with van der Waals surface area (Å²) >= 11 is 1.68. The second kappa shape index (κ2) is 7.29. The van der Waals surface area contributed by atoms with Crippen LogP contribution in [0.5, 0.6) is 5.75 Å². The molecule has 0 saturated carbocycles. The highest BCUT2D eigenvalue weighted by molar-refractivity contribution is 7.13. The van der Waals surface area contributed by atoms with Crippen molar-refractivity contribution in [1.29, 1.82) is 0 Å². The lowest BCUT2D eigenvalue weighted by molar-refractivity contribution is 0.107. The number of rotatable bonds is 5. The molecule has 5 nitrogen and oxygen atoms in total. The number of aryl methyl sites for hydroxylation is 1. The fourth-order valence-corrected chi connectivity index (χ4v) is 3.65. The Morgan fingerprint density at radius 2 is 2.09 bits per heavy atom. The van der Waals surface area contributed by atoms with Gasteiger partial charge in [0.25, 0.3) is 0 Å². The van der Waals surface area contributed by atoms with Gasteiger partial charge < -0.3 is 14.7 Å². The second-order valence-corrected chi connectivity index (χ2v) is 6.74. The van der Waals surface area contributed by atoms with Gasteiger partial charge in [-0.25, -0.2) is 4.98 Å². The summed E-state index contributed by atoms with van der Waals surface area (Å²) < 4.78 is 5.38. The van der Waals surface area contributed by atoms with Gasteiger partial charge in [0, 0.05) is 49.9 Å². The van der Waals surface area contributed by atoms with Crippen LogP contribution >= 0.6 is 11.3 Å². The maximum Gasteiger partial charge on any atom is 0.185 e. The van der Waals surface area contributed by atoms with Gasteiger partial charge in [0.2, 0.25) is 0 Å². The van der Waals surface area contributed by atoms with Crippen LogP contribution in [-0.4, -0.2) is 54.8 Å². The molecule has 1 aliphatic rings. The van der Waals surface area contributed by atoms with Gasteiger partial charge in [0.15, 0.2) is 5.13 Å². The fourth-order valence-electron chi connectivity index (χ4n) is 2.95. The molecule has 1 N–H and O–H groups in total. The summed E-state index contributed by atoms with van der Waals surface area (Å²) in [6.45, 7) is 6.43. The molecular weight excluding hydrogens is 310 g/mol. The van der Waals surface area contributed by atoms with Gasteiger partial charge in [-0.2, -0.15) is 0 Å². The Labute approximate surface area is 141 Å². The molecule has 1 aromatic carbocycles. The molecule has 1 aliphatic heterocycles. The summed E-state index contributed by atoms with van der Waals surface area (Å²) in [6.07, 6.45) is 1.32. The molecule has 1 fully saturated rings. The van der Waals surface area contributed by atoms with Crippen LogP contribution in [0.25, 0.3) is 0 Å². The molecule has 1 aromatic heterocycles. The lowest BCUT2D eigenvalue weighted by Gasteiger charge is -2.35. The van der Waals surface area contributed by atoms with Gasteiger partial charge in [-0.1, -0.05) is 11.6 Å². The van der Waals surface area contributed by atoms with Crippen LogP contribution in [0.4, 0.5) is 5.13 Å². The van der Waals surface area contributed by atoms with E-state index in [1.165, 1.54) is 0 Å². The molecule has 23 heavy (non-hydrogen) atoms. The van der Waals surface area contributed by atoms with Crippen molar-refractivity contribution in [3.63, 3.8) is 0 Å². The van der Waals surface area contributed by atoms with E-state index in [0.29, 0.717) is 6.54 Å². The van der Waals surface area contributed by atoms with Crippen LogP contribution < -0.4 is 9.64 Å². The number of benzene rings is 1. The molecule has 0 radical (unpaired) electrons. The molecule has 1 atom stereocenters. The van der Waals surface area contributed by atoms with Crippen molar-refractivity contribution in [2.75, 3.05) is 44.7 Å². The Morgan fingerprint density at radius 3 is 2.74 bits per heavy atom. The van der Waals surface area contributed by atoms with E-state index in [1.54, 1.807) is 18.4 Å². The first-order chi connectivity index (χ1) is 11.2. The van der Waals surface area contributed by atoms with Crippen LogP contribution in [0.2, 0.25) is 0 Å². The molecule has 0 unspecified atom stereocenters. The first-order valence-corrected chi connectivity index (χ1v) is 8.74. The maximum atomic E-state index is 10.6. The Hall–Kier alpha value is -1.63. The Balaban J connectivity index is 1.59. The van der Waals surface area contributed by atoms with E-state index in [4.69, 9.17) is 4.74 Å². The Morgan fingerprint density at radius 1 is 1.30 bits per heavy atom. The summed E-state index contributed by atoms with van der Waals surface area (Å²) in [7, 11) is 1.65. The third-order valence-corrected chi connectivity index (χ3v) is 5.07. The monoisotopic (exact) mass is 333 g/mol. The minimum absolute atomic E-state index is 0.531. The molecule has 2 aromatic rings. The lowest BCUT2D eigenvalue weighted by atomic mass is 10.0. The van der Waals surface area contributed by atoms with E-state index >= 15 is 0 Å². The molecule has 0 bridgehead atoms. The molecule has 6 heteroatoms. The number of ether oxygens (including phenoxy) is 1. The number of thiazole rings is 1. The molecule has 3 rings (SSSR count). The number of β-amino-alcohol motifs (C(OH)–C–C–N with tert-alkyl or cyclic N) is 1. The van der Waals surface area contributed by atoms with E-state index in [9.17, 15) is 5.11 Å². The van der Waals surface area contributed by atoms with Crippen LogP contribution in [0.1, 0.15) is 17.2 Å². The van der Waals surface area contributed by atoms with E-state index in [1.807, 2.05) is 36.7 Å². The third-order valence-electron chi connectivity index (χ3n) is 4.24. The number of hydrogen-bond donors (Lipinski definition) is 1. The summed E-state index contributed by atoms with van der Waals surface area (Å²) in [5.41, 5.74) is 2.00. The predicted molar refractivity (Wildman–Crippen MR) is 93.5 cm³/mol. The minimum Gasteiger partial charge on any atom is -0.496 e. The zero-order chi connectivity index (χ0) is 16.2. The summed E-state index contributed by atoms with van der Waals surface area (Å²) in [5, 5.41) is 13.7. The van der Waals surface area contributed by atoms with Gasteiger partial charge in [-0.05, 0) is 19.1 Å². The second-order valence-electron chi connectivity index (χ2n) is 5.86. The predicted octanol–water partition coefficient (Wildman–Crippen LogP) is 2.32. The van der Waals surface area contributed by atoms with Crippen molar-refractivity contribution in [1.82, 2.24) is 9.88 Å². The molecule has 0 spiro atoms. The van der Waals surface area contributed by atoms with Crippen LogP contribution in [0.3, 0.4) is 0 Å². The maximum absolute atomic E-state index is 10.6. The smallest absolute Gasteiger partial charge is 0.185 e. The van der Waals surface area contributed by atoms with Gasteiger partial charge in [-0.15, -0.1) is 11.3 Å².